The molecule has 2 rings (SSSR count). The van der Waals surface area contributed by atoms with Crippen LogP contribution in [-0.2, 0) is 6.54 Å². The van der Waals surface area contributed by atoms with Crippen molar-refractivity contribution in [3.63, 3.8) is 0 Å². The summed E-state index contributed by atoms with van der Waals surface area (Å²) in [5.74, 6) is 0. The van der Waals surface area contributed by atoms with Gasteiger partial charge >= 0.3 is 0 Å². The molecule has 0 saturated carbocycles. The third kappa shape index (κ3) is 2.75. The first-order valence-electron chi connectivity index (χ1n) is 5.84. The second-order valence-electron chi connectivity index (χ2n) is 4.44. The van der Waals surface area contributed by atoms with Crippen molar-refractivity contribution in [3.8, 4) is 0 Å². The average Bonchev–Trinajstić information content (AvgIpc) is 2.61. The zero-order valence-electron chi connectivity index (χ0n) is 10.5. The van der Waals surface area contributed by atoms with Gasteiger partial charge in [0.15, 0.2) is 4.77 Å². The zero-order chi connectivity index (χ0) is 12.4. The van der Waals surface area contributed by atoms with Gasteiger partial charge in [-0.1, -0.05) is 13.0 Å². The first-order valence-corrected chi connectivity index (χ1v) is 7.53. The van der Waals surface area contributed by atoms with E-state index in [9.17, 15) is 0 Å². The Morgan fingerprint density at radius 3 is 2.94 bits per heavy atom. The molecular weight excluding hydrogens is 248 g/mol. The largest absolute Gasteiger partial charge is 0.331 e. The van der Waals surface area contributed by atoms with Crippen LogP contribution >= 0.6 is 24.0 Å². The van der Waals surface area contributed by atoms with Gasteiger partial charge < -0.3 is 9.55 Å². The SMILES string of the molecule is CSC(C)CCn1c(=S)[nH]c2ccc(C)cc21. The summed E-state index contributed by atoms with van der Waals surface area (Å²) in [6.45, 7) is 5.36. The maximum Gasteiger partial charge on any atom is 0.178 e. The number of fused-ring (bicyclic) bond motifs is 1. The molecule has 0 spiro atoms. The summed E-state index contributed by atoms with van der Waals surface area (Å²) < 4.78 is 3.05. The van der Waals surface area contributed by atoms with Gasteiger partial charge in [0.1, 0.15) is 0 Å². The van der Waals surface area contributed by atoms with Crippen molar-refractivity contribution in [2.45, 2.75) is 32.1 Å². The molecule has 1 aromatic heterocycles. The highest BCUT2D eigenvalue weighted by Gasteiger charge is 2.06. The van der Waals surface area contributed by atoms with E-state index in [1.165, 1.54) is 11.1 Å². The van der Waals surface area contributed by atoms with Crippen molar-refractivity contribution >= 4 is 35.0 Å². The van der Waals surface area contributed by atoms with Gasteiger partial charge in [0.25, 0.3) is 0 Å². The van der Waals surface area contributed by atoms with Crippen molar-refractivity contribution in [2.24, 2.45) is 0 Å². The Morgan fingerprint density at radius 2 is 2.24 bits per heavy atom. The minimum Gasteiger partial charge on any atom is -0.331 e. The second-order valence-corrected chi connectivity index (χ2v) is 6.10. The second kappa shape index (κ2) is 5.27. The van der Waals surface area contributed by atoms with Crippen LogP contribution in [0.25, 0.3) is 11.0 Å². The van der Waals surface area contributed by atoms with E-state index in [-0.39, 0.29) is 0 Å². The minimum atomic E-state index is 0.673. The number of imidazole rings is 1. The van der Waals surface area contributed by atoms with Crippen LogP contribution in [0.2, 0.25) is 0 Å². The molecule has 0 saturated heterocycles. The van der Waals surface area contributed by atoms with Gasteiger partial charge in [0, 0.05) is 11.8 Å². The van der Waals surface area contributed by atoms with Crippen LogP contribution in [0.15, 0.2) is 18.2 Å². The molecule has 1 atom stereocenters. The third-order valence-corrected chi connectivity index (χ3v) is 4.46. The molecule has 0 aliphatic rings. The summed E-state index contributed by atoms with van der Waals surface area (Å²) in [5.41, 5.74) is 3.64. The monoisotopic (exact) mass is 266 g/mol. The Kier molecular flexibility index (Phi) is 3.94. The van der Waals surface area contributed by atoms with Gasteiger partial charge in [-0.2, -0.15) is 11.8 Å². The third-order valence-electron chi connectivity index (χ3n) is 3.09. The fourth-order valence-electron chi connectivity index (χ4n) is 1.91. The molecule has 0 amide bonds. The molecule has 2 nitrogen and oxygen atoms in total. The Hall–Kier alpha value is -0.740. The number of H-pyrrole nitrogens is 1. The lowest BCUT2D eigenvalue weighted by Gasteiger charge is -2.09. The Labute approximate surface area is 111 Å². The molecule has 0 aliphatic carbocycles. The maximum atomic E-state index is 5.39. The number of aryl methyl sites for hydroxylation is 2. The lowest BCUT2D eigenvalue weighted by molar-refractivity contribution is 0.648. The van der Waals surface area contributed by atoms with Crippen molar-refractivity contribution in [2.75, 3.05) is 6.26 Å². The smallest absolute Gasteiger partial charge is 0.178 e. The summed E-state index contributed by atoms with van der Waals surface area (Å²) >= 11 is 7.29. The topological polar surface area (TPSA) is 20.7 Å². The number of nitrogens with one attached hydrogen (secondary N) is 1. The molecular formula is C13H18N2S2. The van der Waals surface area contributed by atoms with E-state index in [0.717, 1.165) is 23.3 Å². The number of hydrogen-bond acceptors (Lipinski definition) is 2. The molecule has 17 heavy (non-hydrogen) atoms. The van der Waals surface area contributed by atoms with E-state index >= 15 is 0 Å². The standard InChI is InChI=1S/C13H18N2S2/c1-9-4-5-11-12(8-9)15(13(16)14-11)7-6-10(2)17-3/h4-5,8,10H,6-7H2,1-3H3,(H,14,16). The van der Waals surface area contributed by atoms with Crippen LogP contribution < -0.4 is 0 Å². The maximum absolute atomic E-state index is 5.39. The normalized spacial score (nSPS) is 13.1. The molecule has 92 valence electrons. The van der Waals surface area contributed by atoms with E-state index in [1.54, 1.807) is 0 Å². The number of benzene rings is 1. The van der Waals surface area contributed by atoms with E-state index in [4.69, 9.17) is 12.2 Å². The average molecular weight is 266 g/mol. The lowest BCUT2D eigenvalue weighted by Crippen LogP contribution is -2.04. The number of nitrogens with zero attached hydrogens (tertiary/aromatic N) is 1. The highest BCUT2D eigenvalue weighted by molar-refractivity contribution is 7.99. The summed E-state index contributed by atoms with van der Waals surface area (Å²) in [6, 6.07) is 6.42. The molecule has 1 heterocycles. The van der Waals surface area contributed by atoms with E-state index < -0.39 is 0 Å². The molecule has 1 aromatic carbocycles. The molecule has 2 aromatic rings. The number of rotatable bonds is 4. The first kappa shape index (κ1) is 12.7. The Bertz CT molecular complexity index is 568. The van der Waals surface area contributed by atoms with Gasteiger partial charge in [-0.05, 0) is 49.5 Å². The van der Waals surface area contributed by atoms with Gasteiger partial charge in [0.2, 0.25) is 0 Å². The van der Waals surface area contributed by atoms with Gasteiger partial charge in [-0.15, -0.1) is 0 Å². The predicted molar refractivity (Wildman–Crippen MR) is 79.5 cm³/mol. The molecule has 4 heteroatoms. The summed E-state index contributed by atoms with van der Waals surface area (Å²) in [6.07, 6.45) is 3.31. The van der Waals surface area contributed by atoms with Crippen LogP contribution in [0, 0.1) is 11.7 Å². The molecule has 0 bridgehead atoms. The lowest BCUT2D eigenvalue weighted by atomic mass is 10.2. The summed E-state index contributed by atoms with van der Waals surface area (Å²) in [4.78, 5) is 3.27. The number of aromatic nitrogens is 2. The van der Waals surface area contributed by atoms with Crippen LogP contribution in [0.5, 0.6) is 0 Å². The van der Waals surface area contributed by atoms with Crippen molar-refractivity contribution < 1.29 is 0 Å². The van der Waals surface area contributed by atoms with Gasteiger partial charge in [-0.3, -0.25) is 0 Å². The van der Waals surface area contributed by atoms with Crippen molar-refractivity contribution in [3.05, 3.63) is 28.5 Å². The molecule has 0 radical (unpaired) electrons. The number of hydrogen-bond donors (Lipinski definition) is 1. The first-order chi connectivity index (χ1) is 8.11. The van der Waals surface area contributed by atoms with E-state index in [0.29, 0.717) is 5.25 Å². The van der Waals surface area contributed by atoms with Crippen LogP contribution in [-0.4, -0.2) is 21.1 Å². The van der Waals surface area contributed by atoms with E-state index in [1.807, 2.05) is 11.8 Å². The summed E-state index contributed by atoms with van der Waals surface area (Å²) in [7, 11) is 0. The zero-order valence-corrected chi connectivity index (χ0v) is 12.1. The highest BCUT2D eigenvalue weighted by Crippen LogP contribution is 2.18. The number of thioether (sulfide) groups is 1. The molecule has 1 N–H and O–H groups in total. The van der Waals surface area contributed by atoms with Crippen LogP contribution in [0.4, 0.5) is 0 Å². The predicted octanol–water partition coefficient (Wildman–Crippen LogP) is 4.15. The van der Waals surface area contributed by atoms with Gasteiger partial charge in [0.05, 0.1) is 11.0 Å². The van der Waals surface area contributed by atoms with Crippen LogP contribution in [0.1, 0.15) is 18.9 Å². The highest BCUT2D eigenvalue weighted by atomic mass is 32.2. The fraction of sp³-hybridized carbons (Fsp3) is 0.462. The fourth-order valence-corrected chi connectivity index (χ4v) is 2.55. The Morgan fingerprint density at radius 1 is 1.47 bits per heavy atom. The van der Waals surface area contributed by atoms with Crippen molar-refractivity contribution in [1.29, 1.82) is 0 Å². The number of aromatic amines is 1. The van der Waals surface area contributed by atoms with E-state index in [2.05, 4.69) is 47.9 Å². The quantitative estimate of drug-likeness (QED) is 0.839. The van der Waals surface area contributed by atoms with Crippen LogP contribution in [0.3, 0.4) is 0 Å². The molecule has 0 aliphatic heterocycles. The van der Waals surface area contributed by atoms with Gasteiger partial charge in [-0.25, -0.2) is 0 Å². The minimum absolute atomic E-state index is 0.673. The molecule has 1 unspecified atom stereocenters. The Balaban J connectivity index is 2.35. The summed E-state index contributed by atoms with van der Waals surface area (Å²) in [5, 5.41) is 0.673. The molecule has 0 fully saturated rings. The van der Waals surface area contributed by atoms with Crippen molar-refractivity contribution in [1.82, 2.24) is 9.55 Å².